The summed E-state index contributed by atoms with van der Waals surface area (Å²) < 4.78 is 5.40. The molecule has 0 aromatic carbocycles. The number of hydrogen-bond acceptors (Lipinski definition) is 4. The molecular weight excluding hydrogens is 459 g/mol. The molecule has 150 valence electrons. The molecule has 2 rings (SSSR count). The predicted octanol–water partition coefficient (Wildman–Crippen LogP) is 3.60. The highest BCUT2D eigenvalue weighted by atomic mass is 127. The lowest BCUT2D eigenvalue weighted by Crippen LogP contribution is -2.40. The molecule has 0 amide bonds. The Balaban J connectivity index is 0.00000338. The number of thioether (sulfide) groups is 1. The van der Waals surface area contributed by atoms with Gasteiger partial charge in [0.2, 0.25) is 0 Å². The van der Waals surface area contributed by atoms with Crippen LogP contribution in [0.15, 0.2) is 27.8 Å². The second kappa shape index (κ2) is 14.6. The minimum Gasteiger partial charge on any atom is -0.469 e. The SMILES string of the molecule is CCN1CCCC1CN=C(NCCCCSC)NCCc1ccco1.I. The zero-order valence-electron chi connectivity index (χ0n) is 16.2. The van der Waals surface area contributed by atoms with Crippen molar-refractivity contribution in [2.45, 2.75) is 45.1 Å². The van der Waals surface area contributed by atoms with Crippen molar-refractivity contribution in [2.24, 2.45) is 4.99 Å². The van der Waals surface area contributed by atoms with Gasteiger partial charge in [-0.05, 0) is 62.9 Å². The van der Waals surface area contributed by atoms with Crippen LogP contribution in [0.1, 0.15) is 38.4 Å². The van der Waals surface area contributed by atoms with E-state index in [0.29, 0.717) is 6.04 Å². The third-order valence-corrected chi connectivity index (χ3v) is 5.37. The molecule has 0 saturated carbocycles. The number of guanidine groups is 1. The van der Waals surface area contributed by atoms with E-state index >= 15 is 0 Å². The average molecular weight is 494 g/mol. The molecule has 1 aromatic rings. The molecule has 0 radical (unpaired) electrons. The fraction of sp³-hybridized carbons (Fsp3) is 0.737. The third-order valence-electron chi connectivity index (χ3n) is 4.68. The number of rotatable bonds is 11. The molecule has 1 aliphatic heterocycles. The molecule has 1 atom stereocenters. The molecule has 1 saturated heterocycles. The number of hydrogen-bond donors (Lipinski definition) is 2. The van der Waals surface area contributed by atoms with Gasteiger partial charge in [0.05, 0.1) is 12.8 Å². The number of halogens is 1. The van der Waals surface area contributed by atoms with E-state index in [4.69, 9.17) is 9.41 Å². The van der Waals surface area contributed by atoms with Crippen LogP contribution >= 0.6 is 35.7 Å². The summed E-state index contributed by atoms with van der Waals surface area (Å²) >= 11 is 1.91. The van der Waals surface area contributed by atoms with Crippen molar-refractivity contribution in [1.29, 1.82) is 0 Å². The van der Waals surface area contributed by atoms with E-state index in [1.807, 2.05) is 23.9 Å². The van der Waals surface area contributed by atoms with Crippen LogP contribution < -0.4 is 10.6 Å². The highest BCUT2D eigenvalue weighted by Gasteiger charge is 2.22. The van der Waals surface area contributed by atoms with E-state index in [2.05, 4.69) is 28.7 Å². The van der Waals surface area contributed by atoms with Gasteiger partial charge in [0, 0.05) is 25.6 Å². The second-order valence-electron chi connectivity index (χ2n) is 6.50. The molecule has 5 nitrogen and oxygen atoms in total. The third kappa shape index (κ3) is 8.99. The summed E-state index contributed by atoms with van der Waals surface area (Å²) in [4.78, 5) is 7.40. The lowest BCUT2D eigenvalue weighted by Gasteiger charge is -2.21. The summed E-state index contributed by atoms with van der Waals surface area (Å²) in [5, 5.41) is 6.96. The van der Waals surface area contributed by atoms with Crippen molar-refractivity contribution in [2.75, 3.05) is 44.7 Å². The van der Waals surface area contributed by atoms with E-state index in [1.54, 1.807) is 6.26 Å². The number of aliphatic imine (C=N–C) groups is 1. The van der Waals surface area contributed by atoms with Crippen molar-refractivity contribution >= 4 is 41.7 Å². The maximum Gasteiger partial charge on any atom is 0.191 e. The molecule has 0 aliphatic carbocycles. The van der Waals surface area contributed by atoms with Gasteiger partial charge >= 0.3 is 0 Å². The molecule has 2 N–H and O–H groups in total. The monoisotopic (exact) mass is 494 g/mol. The van der Waals surface area contributed by atoms with Crippen LogP contribution in [0, 0.1) is 0 Å². The lowest BCUT2D eigenvalue weighted by molar-refractivity contribution is 0.273. The van der Waals surface area contributed by atoms with Gasteiger partial charge < -0.3 is 15.1 Å². The van der Waals surface area contributed by atoms with Crippen LogP contribution in [0.2, 0.25) is 0 Å². The van der Waals surface area contributed by atoms with Gasteiger partial charge in [-0.1, -0.05) is 6.92 Å². The highest BCUT2D eigenvalue weighted by molar-refractivity contribution is 14.0. The number of likely N-dealkylation sites (N-methyl/N-ethyl adjacent to an activating group) is 1. The maximum absolute atomic E-state index is 5.40. The van der Waals surface area contributed by atoms with Gasteiger partial charge in [-0.25, -0.2) is 0 Å². The topological polar surface area (TPSA) is 52.8 Å². The van der Waals surface area contributed by atoms with Crippen molar-refractivity contribution in [1.82, 2.24) is 15.5 Å². The maximum atomic E-state index is 5.40. The summed E-state index contributed by atoms with van der Waals surface area (Å²) in [6.07, 6.45) is 9.78. The van der Waals surface area contributed by atoms with Crippen LogP contribution in [-0.4, -0.2) is 61.6 Å². The Kier molecular flexibility index (Phi) is 13.3. The highest BCUT2D eigenvalue weighted by Crippen LogP contribution is 2.16. The lowest BCUT2D eigenvalue weighted by atomic mass is 10.2. The summed E-state index contributed by atoms with van der Waals surface area (Å²) in [5.74, 6) is 3.19. The fourth-order valence-corrected chi connectivity index (χ4v) is 3.72. The Morgan fingerprint density at radius 2 is 2.19 bits per heavy atom. The van der Waals surface area contributed by atoms with E-state index in [1.165, 1.54) is 38.0 Å². The zero-order chi connectivity index (χ0) is 17.7. The molecule has 1 fully saturated rings. The number of furan rings is 1. The largest absolute Gasteiger partial charge is 0.469 e. The summed E-state index contributed by atoms with van der Waals surface area (Å²) in [7, 11) is 0. The van der Waals surface area contributed by atoms with Gasteiger partial charge in [-0.3, -0.25) is 9.89 Å². The number of nitrogens with zero attached hydrogens (tertiary/aromatic N) is 2. The summed E-state index contributed by atoms with van der Waals surface area (Å²) in [6.45, 7) is 7.30. The first kappa shape index (κ1) is 23.6. The molecule has 0 spiro atoms. The Hall–Kier alpha value is -0.410. The first-order chi connectivity index (χ1) is 12.3. The number of nitrogens with one attached hydrogen (secondary N) is 2. The molecule has 1 unspecified atom stereocenters. The van der Waals surface area contributed by atoms with Crippen LogP contribution in [0.4, 0.5) is 0 Å². The Morgan fingerprint density at radius 1 is 1.35 bits per heavy atom. The molecule has 7 heteroatoms. The van der Waals surface area contributed by atoms with Crippen LogP contribution in [0.3, 0.4) is 0 Å². The minimum atomic E-state index is 0. The first-order valence-electron chi connectivity index (χ1n) is 9.61. The predicted molar refractivity (Wildman–Crippen MR) is 124 cm³/mol. The standard InChI is InChI=1S/C19H34N4OS.HI/c1-3-23-13-6-8-17(23)16-22-19(20-11-4-5-15-25-2)21-12-10-18-9-7-14-24-18;/h7,9,14,17H,3-6,8,10-13,15-16H2,1-2H3,(H2,20,21,22);1H. The van der Waals surface area contributed by atoms with E-state index in [-0.39, 0.29) is 24.0 Å². The Morgan fingerprint density at radius 3 is 2.92 bits per heavy atom. The molecule has 1 aromatic heterocycles. The van der Waals surface area contributed by atoms with E-state index in [9.17, 15) is 0 Å². The fourth-order valence-electron chi connectivity index (χ4n) is 3.23. The van der Waals surface area contributed by atoms with Gasteiger partial charge in [0.25, 0.3) is 0 Å². The van der Waals surface area contributed by atoms with E-state index in [0.717, 1.165) is 44.3 Å². The van der Waals surface area contributed by atoms with Crippen LogP contribution in [0.25, 0.3) is 0 Å². The van der Waals surface area contributed by atoms with Crippen molar-refractivity contribution < 1.29 is 4.42 Å². The van der Waals surface area contributed by atoms with Gasteiger partial charge in [-0.2, -0.15) is 11.8 Å². The molecule has 2 heterocycles. The Labute approximate surface area is 180 Å². The zero-order valence-corrected chi connectivity index (χ0v) is 19.4. The normalized spacial score (nSPS) is 17.9. The van der Waals surface area contributed by atoms with Crippen molar-refractivity contribution in [3.8, 4) is 0 Å². The first-order valence-corrected chi connectivity index (χ1v) is 11.0. The smallest absolute Gasteiger partial charge is 0.191 e. The van der Waals surface area contributed by atoms with Crippen molar-refractivity contribution in [3.05, 3.63) is 24.2 Å². The molecular formula is C19H35IN4OS. The Bertz CT molecular complexity index is 484. The summed E-state index contributed by atoms with van der Waals surface area (Å²) in [6, 6.07) is 4.56. The van der Waals surface area contributed by atoms with Gasteiger partial charge in [0.1, 0.15) is 5.76 Å². The summed E-state index contributed by atoms with van der Waals surface area (Å²) in [5.41, 5.74) is 0. The average Bonchev–Trinajstić information content (AvgIpc) is 3.30. The van der Waals surface area contributed by atoms with Gasteiger partial charge in [0.15, 0.2) is 5.96 Å². The minimum absolute atomic E-state index is 0. The van der Waals surface area contributed by atoms with Crippen molar-refractivity contribution in [3.63, 3.8) is 0 Å². The van der Waals surface area contributed by atoms with Crippen LogP contribution in [-0.2, 0) is 6.42 Å². The quantitative estimate of drug-likeness (QED) is 0.213. The number of unbranched alkanes of at least 4 members (excludes halogenated alkanes) is 1. The number of likely N-dealkylation sites (tertiary alicyclic amines) is 1. The van der Waals surface area contributed by atoms with E-state index < -0.39 is 0 Å². The second-order valence-corrected chi connectivity index (χ2v) is 7.48. The molecule has 26 heavy (non-hydrogen) atoms. The molecule has 1 aliphatic rings. The molecule has 0 bridgehead atoms. The van der Waals surface area contributed by atoms with Gasteiger partial charge in [-0.15, -0.1) is 24.0 Å². The van der Waals surface area contributed by atoms with Crippen LogP contribution in [0.5, 0.6) is 0 Å².